The highest BCUT2D eigenvalue weighted by Crippen LogP contribution is 2.20. The SMILES string of the molecule is C[C@@H](NC(=O)c1cc(N)cc(Br)c1)c1ccc(Br)cc1. The number of anilines is 1. The fourth-order valence-electron chi connectivity index (χ4n) is 1.86. The lowest BCUT2D eigenvalue weighted by atomic mass is 10.1. The number of amides is 1. The van der Waals surface area contributed by atoms with Gasteiger partial charge in [-0.3, -0.25) is 4.79 Å². The second-order valence-electron chi connectivity index (χ2n) is 4.52. The van der Waals surface area contributed by atoms with Gasteiger partial charge in [0.2, 0.25) is 0 Å². The van der Waals surface area contributed by atoms with Crippen molar-refractivity contribution in [2.24, 2.45) is 0 Å². The van der Waals surface area contributed by atoms with Crippen LogP contribution in [0.1, 0.15) is 28.9 Å². The first-order valence-electron chi connectivity index (χ1n) is 6.08. The quantitative estimate of drug-likeness (QED) is 0.759. The zero-order chi connectivity index (χ0) is 14.7. The first kappa shape index (κ1) is 15.1. The molecule has 0 aliphatic carbocycles. The van der Waals surface area contributed by atoms with Crippen LogP contribution in [0.15, 0.2) is 51.4 Å². The van der Waals surface area contributed by atoms with Crippen molar-refractivity contribution >= 4 is 43.5 Å². The van der Waals surface area contributed by atoms with Gasteiger partial charge in [0.05, 0.1) is 6.04 Å². The van der Waals surface area contributed by atoms with E-state index in [1.807, 2.05) is 31.2 Å². The van der Waals surface area contributed by atoms with Crippen LogP contribution in [-0.4, -0.2) is 5.91 Å². The number of hydrogen-bond donors (Lipinski definition) is 2. The molecule has 0 spiro atoms. The first-order valence-corrected chi connectivity index (χ1v) is 7.66. The second-order valence-corrected chi connectivity index (χ2v) is 6.35. The Morgan fingerprint density at radius 1 is 1.10 bits per heavy atom. The number of nitrogens with one attached hydrogen (secondary N) is 1. The van der Waals surface area contributed by atoms with Crippen molar-refractivity contribution in [3.8, 4) is 0 Å². The number of nitrogen functional groups attached to an aromatic ring is 1. The van der Waals surface area contributed by atoms with E-state index in [1.54, 1.807) is 18.2 Å². The molecule has 0 fully saturated rings. The molecule has 0 aromatic heterocycles. The summed E-state index contributed by atoms with van der Waals surface area (Å²) in [6.07, 6.45) is 0. The molecule has 104 valence electrons. The largest absolute Gasteiger partial charge is 0.399 e. The predicted octanol–water partition coefficient (Wildman–Crippen LogP) is 4.28. The Balaban J connectivity index is 2.12. The molecule has 2 aromatic carbocycles. The summed E-state index contributed by atoms with van der Waals surface area (Å²) in [5.41, 5.74) is 7.89. The van der Waals surface area contributed by atoms with E-state index in [-0.39, 0.29) is 11.9 Å². The molecule has 2 aromatic rings. The molecular formula is C15H14Br2N2O. The Labute approximate surface area is 134 Å². The van der Waals surface area contributed by atoms with Gasteiger partial charge in [0.15, 0.2) is 0 Å². The van der Waals surface area contributed by atoms with E-state index in [1.165, 1.54) is 0 Å². The fourth-order valence-corrected chi connectivity index (χ4v) is 2.63. The maximum Gasteiger partial charge on any atom is 0.251 e. The number of rotatable bonds is 3. The number of carbonyl (C=O) groups excluding carboxylic acids is 1. The maximum atomic E-state index is 12.2. The van der Waals surface area contributed by atoms with Gasteiger partial charge in [-0.1, -0.05) is 44.0 Å². The van der Waals surface area contributed by atoms with Crippen molar-refractivity contribution in [3.05, 3.63) is 62.5 Å². The van der Waals surface area contributed by atoms with Crippen LogP contribution in [0.4, 0.5) is 5.69 Å². The van der Waals surface area contributed by atoms with Crippen LogP contribution in [0, 0.1) is 0 Å². The van der Waals surface area contributed by atoms with Gasteiger partial charge < -0.3 is 11.1 Å². The summed E-state index contributed by atoms with van der Waals surface area (Å²) in [7, 11) is 0. The van der Waals surface area contributed by atoms with Crippen molar-refractivity contribution < 1.29 is 4.79 Å². The van der Waals surface area contributed by atoms with Crippen molar-refractivity contribution in [2.75, 3.05) is 5.73 Å². The molecule has 5 heteroatoms. The lowest BCUT2D eigenvalue weighted by Crippen LogP contribution is -2.26. The zero-order valence-corrected chi connectivity index (χ0v) is 14.0. The molecule has 1 atom stereocenters. The molecule has 0 saturated carbocycles. The molecule has 0 radical (unpaired) electrons. The summed E-state index contributed by atoms with van der Waals surface area (Å²) < 4.78 is 1.80. The molecular weight excluding hydrogens is 384 g/mol. The third-order valence-electron chi connectivity index (χ3n) is 2.90. The smallest absolute Gasteiger partial charge is 0.251 e. The minimum atomic E-state index is -0.145. The van der Waals surface area contributed by atoms with E-state index in [9.17, 15) is 4.79 Å². The van der Waals surface area contributed by atoms with Gasteiger partial charge in [0, 0.05) is 20.2 Å². The van der Waals surface area contributed by atoms with Gasteiger partial charge in [-0.05, 0) is 42.8 Å². The van der Waals surface area contributed by atoms with E-state index in [2.05, 4.69) is 37.2 Å². The average Bonchev–Trinajstić information content (AvgIpc) is 2.38. The predicted molar refractivity (Wildman–Crippen MR) is 88.6 cm³/mol. The standard InChI is InChI=1S/C15H14Br2N2O/c1-9(10-2-4-12(16)5-3-10)19-15(20)11-6-13(17)8-14(18)7-11/h2-9H,18H2,1H3,(H,19,20)/t9-/m1/s1. The summed E-state index contributed by atoms with van der Waals surface area (Å²) in [5, 5.41) is 2.96. The Morgan fingerprint density at radius 2 is 1.75 bits per heavy atom. The zero-order valence-electron chi connectivity index (χ0n) is 10.9. The number of carbonyl (C=O) groups is 1. The van der Waals surface area contributed by atoms with Crippen molar-refractivity contribution in [3.63, 3.8) is 0 Å². The van der Waals surface area contributed by atoms with Crippen LogP contribution in [0.3, 0.4) is 0 Å². The van der Waals surface area contributed by atoms with Gasteiger partial charge in [-0.2, -0.15) is 0 Å². The summed E-state index contributed by atoms with van der Waals surface area (Å²) in [6, 6.07) is 13.0. The van der Waals surface area contributed by atoms with Gasteiger partial charge in [-0.15, -0.1) is 0 Å². The van der Waals surface area contributed by atoms with Gasteiger partial charge >= 0.3 is 0 Å². The minimum absolute atomic E-state index is 0.0733. The maximum absolute atomic E-state index is 12.2. The van der Waals surface area contributed by atoms with Crippen LogP contribution >= 0.6 is 31.9 Å². The summed E-state index contributed by atoms with van der Waals surface area (Å²) >= 11 is 6.73. The fraction of sp³-hybridized carbons (Fsp3) is 0.133. The van der Waals surface area contributed by atoms with Crippen molar-refractivity contribution in [1.29, 1.82) is 0 Å². The van der Waals surface area contributed by atoms with Crippen LogP contribution in [0.25, 0.3) is 0 Å². The van der Waals surface area contributed by atoms with Gasteiger partial charge in [0.25, 0.3) is 5.91 Å². The van der Waals surface area contributed by atoms with E-state index < -0.39 is 0 Å². The number of benzene rings is 2. The van der Waals surface area contributed by atoms with Gasteiger partial charge in [0.1, 0.15) is 0 Å². The highest BCUT2D eigenvalue weighted by molar-refractivity contribution is 9.10. The molecule has 3 N–H and O–H groups in total. The van der Waals surface area contributed by atoms with Crippen molar-refractivity contribution in [1.82, 2.24) is 5.32 Å². The molecule has 0 saturated heterocycles. The lowest BCUT2D eigenvalue weighted by Gasteiger charge is -2.15. The third kappa shape index (κ3) is 3.84. The normalized spacial score (nSPS) is 11.9. The Morgan fingerprint density at radius 3 is 2.35 bits per heavy atom. The summed E-state index contributed by atoms with van der Waals surface area (Å²) in [4.78, 5) is 12.2. The van der Waals surface area contributed by atoms with Crippen LogP contribution in [0.5, 0.6) is 0 Å². The number of halogens is 2. The van der Waals surface area contributed by atoms with Crippen LogP contribution in [0.2, 0.25) is 0 Å². The topological polar surface area (TPSA) is 55.1 Å². The average molecular weight is 398 g/mol. The highest BCUT2D eigenvalue weighted by atomic mass is 79.9. The molecule has 0 bridgehead atoms. The summed E-state index contributed by atoms with van der Waals surface area (Å²) in [5.74, 6) is -0.145. The van der Waals surface area contributed by atoms with E-state index in [4.69, 9.17) is 5.73 Å². The molecule has 2 rings (SSSR count). The van der Waals surface area contributed by atoms with E-state index in [0.717, 1.165) is 14.5 Å². The Kier molecular flexibility index (Phi) is 4.83. The lowest BCUT2D eigenvalue weighted by molar-refractivity contribution is 0.0940. The molecule has 1 amide bonds. The molecule has 20 heavy (non-hydrogen) atoms. The molecule has 0 heterocycles. The first-order chi connectivity index (χ1) is 9.45. The van der Waals surface area contributed by atoms with E-state index >= 15 is 0 Å². The molecule has 0 unspecified atom stereocenters. The van der Waals surface area contributed by atoms with Crippen LogP contribution < -0.4 is 11.1 Å². The van der Waals surface area contributed by atoms with Crippen LogP contribution in [-0.2, 0) is 0 Å². The molecule has 3 nitrogen and oxygen atoms in total. The third-order valence-corrected chi connectivity index (χ3v) is 3.89. The Hall–Kier alpha value is -1.33. The molecule has 0 aliphatic heterocycles. The highest BCUT2D eigenvalue weighted by Gasteiger charge is 2.12. The Bertz CT molecular complexity index is 606. The monoisotopic (exact) mass is 396 g/mol. The number of nitrogens with two attached hydrogens (primary N) is 1. The van der Waals surface area contributed by atoms with E-state index in [0.29, 0.717) is 11.3 Å². The second kappa shape index (κ2) is 6.41. The molecule has 0 aliphatic rings. The van der Waals surface area contributed by atoms with Gasteiger partial charge in [-0.25, -0.2) is 0 Å². The van der Waals surface area contributed by atoms with Crippen molar-refractivity contribution in [2.45, 2.75) is 13.0 Å². The number of hydrogen-bond acceptors (Lipinski definition) is 2. The summed E-state index contributed by atoms with van der Waals surface area (Å²) in [6.45, 7) is 1.95. The minimum Gasteiger partial charge on any atom is -0.399 e.